The number of carbonyl (C=O) groups is 1. The molecule has 0 spiro atoms. The Morgan fingerprint density at radius 2 is 1.80 bits per heavy atom. The lowest BCUT2D eigenvalue weighted by atomic mass is 10.1. The van der Waals surface area contributed by atoms with Crippen molar-refractivity contribution in [3.05, 3.63) is 63.9 Å². The van der Waals surface area contributed by atoms with Crippen LogP contribution in [0.15, 0.2) is 42.5 Å². The maximum Gasteiger partial charge on any atom is 0.338 e. The van der Waals surface area contributed by atoms with E-state index < -0.39 is 5.97 Å². The van der Waals surface area contributed by atoms with Gasteiger partial charge in [0, 0.05) is 0 Å². The van der Waals surface area contributed by atoms with E-state index in [2.05, 4.69) is 4.98 Å². The normalized spacial score (nSPS) is 11.9. The Kier molecular flexibility index (Phi) is 4.99. The molecule has 1 heterocycles. The Morgan fingerprint density at radius 1 is 1.20 bits per heavy atom. The van der Waals surface area contributed by atoms with Crippen molar-refractivity contribution in [2.24, 2.45) is 0 Å². The highest BCUT2D eigenvalue weighted by molar-refractivity contribution is 6.32. The zero-order chi connectivity index (χ0) is 14.5. The molecule has 0 saturated carbocycles. The predicted molar refractivity (Wildman–Crippen MR) is 79.1 cm³/mol. The van der Waals surface area contributed by atoms with Gasteiger partial charge in [0.2, 0.25) is 0 Å². The van der Waals surface area contributed by atoms with E-state index in [0.29, 0.717) is 12.0 Å². The number of hydrogen-bond donors (Lipinski definition) is 0. The molecule has 1 aromatic heterocycles. The fourth-order valence-electron chi connectivity index (χ4n) is 1.83. The number of nitrogens with zero attached hydrogens (tertiary/aromatic N) is 1. The molecule has 0 bridgehead atoms. The Balaban J connectivity index is 2.17. The van der Waals surface area contributed by atoms with Crippen molar-refractivity contribution in [2.75, 3.05) is 0 Å². The number of hydrogen-bond acceptors (Lipinski definition) is 3. The van der Waals surface area contributed by atoms with E-state index in [1.165, 1.54) is 12.1 Å². The second kappa shape index (κ2) is 6.73. The molecule has 2 rings (SSSR count). The van der Waals surface area contributed by atoms with Gasteiger partial charge in [-0.2, -0.15) is 0 Å². The predicted octanol–water partition coefficient (Wildman–Crippen LogP) is 4.70. The molecule has 0 fully saturated rings. The van der Waals surface area contributed by atoms with Gasteiger partial charge in [-0.05, 0) is 24.1 Å². The van der Waals surface area contributed by atoms with E-state index in [0.717, 1.165) is 5.56 Å². The zero-order valence-electron chi connectivity index (χ0n) is 10.8. The van der Waals surface area contributed by atoms with Crippen LogP contribution in [0.3, 0.4) is 0 Å². The summed E-state index contributed by atoms with van der Waals surface area (Å²) in [5.74, 6) is -0.466. The van der Waals surface area contributed by atoms with Crippen LogP contribution >= 0.6 is 23.2 Å². The summed E-state index contributed by atoms with van der Waals surface area (Å²) in [6, 6.07) is 12.5. The minimum Gasteiger partial charge on any atom is -0.454 e. The highest BCUT2D eigenvalue weighted by Crippen LogP contribution is 2.23. The summed E-state index contributed by atoms with van der Waals surface area (Å²) in [5, 5.41) is 0.328. The molecular formula is C15H13Cl2NO2. The second-order valence-corrected chi connectivity index (χ2v) is 4.99. The molecule has 3 nitrogen and oxygen atoms in total. The Bertz CT molecular complexity index is 582. The van der Waals surface area contributed by atoms with Gasteiger partial charge in [0.1, 0.15) is 16.4 Å². The first kappa shape index (κ1) is 14.8. The molecule has 0 amide bonds. The second-order valence-electron chi connectivity index (χ2n) is 4.21. The molecule has 0 radical (unpaired) electrons. The van der Waals surface area contributed by atoms with Gasteiger partial charge in [-0.25, -0.2) is 9.78 Å². The summed E-state index contributed by atoms with van der Waals surface area (Å²) in [6.45, 7) is 1.96. The van der Waals surface area contributed by atoms with E-state index in [-0.39, 0.29) is 16.4 Å². The molecule has 0 aliphatic carbocycles. The molecule has 0 N–H and O–H groups in total. The standard InChI is InChI=1S/C15H13Cl2NO2/c1-2-12(10-6-4-3-5-7-10)20-15(19)11-8-13(16)18-14(17)9-11/h3-9,12H,2H2,1H3. The monoisotopic (exact) mass is 309 g/mol. The summed E-state index contributed by atoms with van der Waals surface area (Å²) in [4.78, 5) is 15.9. The highest BCUT2D eigenvalue weighted by atomic mass is 35.5. The number of halogens is 2. The number of ether oxygens (including phenoxy) is 1. The molecule has 1 atom stereocenters. The zero-order valence-corrected chi connectivity index (χ0v) is 12.4. The van der Waals surface area contributed by atoms with Crippen molar-refractivity contribution < 1.29 is 9.53 Å². The summed E-state index contributed by atoms with van der Waals surface area (Å²) in [6.07, 6.45) is 0.386. The molecule has 1 aromatic carbocycles. The van der Waals surface area contributed by atoms with Gasteiger partial charge >= 0.3 is 5.97 Å². The maximum atomic E-state index is 12.1. The van der Waals surface area contributed by atoms with Gasteiger partial charge in [0.15, 0.2) is 0 Å². The van der Waals surface area contributed by atoms with Gasteiger partial charge in [-0.15, -0.1) is 0 Å². The number of aromatic nitrogens is 1. The van der Waals surface area contributed by atoms with Crippen LogP contribution in [0.4, 0.5) is 0 Å². The van der Waals surface area contributed by atoms with Crippen LogP contribution in [0.2, 0.25) is 10.3 Å². The summed E-state index contributed by atoms with van der Waals surface area (Å²) < 4.78 is 5.50. The van der Waals surface area contributed by atoms with Crippen LogP contribution in [0.5, 0.6) is 0 Å². The number of esters is 1. The fraction of sp³-hybridized carbons (Fsp3) is 0.200. The van der Waals surface area contributed by atoms with Crippen LogP contribution in [0.25, 0.3) is 0 Å². The Labute approximate surface area is 127 Å². The van der Waals surface area contributed by atoms with Crippen molar-refractivity contribution in [3.8, 4) is 0 Å². The molecule has 0 aliphatic heterocycles. The van der Waals surface area contributed by atoms with Crippen LogP contribution in [0, 0.1) is 0 Å². The van der Waals surface area contributed by atoms with Crippen molar-refractivity contribution >= 4 is 29.2 Å². The number of benzene rings is 1. The summed E-state index contributed by atoms with van der Waals surface area (Å²) in [7, 11) is 0. The van der Waals surface area contributed by atoms with Gasteiger partial charge < -0.3 is 4.74 Å². The van der Waals surface area contributed by atoms with Crippen molar-refractivity contribution in [1.82, 2.24) is 4.98 Å². The van der Waals surface area contributed by atoms with Crippen LogP contribution < -0.4 is 0 Å². The molecule has 104 valence electrons. The van der Waals surface area contributed by atoms with E-state index in [4.69, 9.17) is 27.9 Å². The van der Waals surface area contributed by atoms with Gasteiger partial charge in [0.05, 0.1) is 5.56 Å². The van der Waals surface area contributed by atoms with E-state index in [1.54, 1.807) is 0 Å². The van der Waals surface area contributed by atoms with Crippen molar-refractivity contribution in [2.45, 2.75) is 19.4 Å². The molecule has 20 heavy (non-hydrogen) atoms. The minimum atomic E-state index is -0.466. The van der Waals surface area contributed by atoms with Gasteiger partial charge in [0.25, 0.3) is 0 Å². The largest absolute Gasteiger partial charge is 0.454 e. The molecular weight excluding hydrogens is 297 g/mol. The first-order chi connectivity index (χ1) is 9.60. The van der Waals surface area contributed by atoms with Crippen LogP contribution in [-0.2, 0) is 4.74 Å². The quantitative estimate of drug-likeness (QED) is 0.607. The van der Waals surface area contributed by atoms with E-state index in [1.807, 2.05) is 37.3 Å². The van der Waals surface area contributed by atoms with Crippen molar-refractivity contribution in [1.29, 1.82) is 0 Å². The number of rotatable bonds is 4. The lowest BCUT2D eigenvalue weighted by Crippen LogP contribution is -2.11. The average molecular weight is 310 g/mol. The third-order valence-electron chi connectivity index (χ3n) is 2.79. The number of carbonyl (C=O) groups excluding carboxylic acids is 1. The SMILES string of the molecule is CCC(OC(=O)c1cc(Cl)nc(Cl)c1)c1ccccc1. The van der Waals surface area contributed by atoms with E-state index >= 15 is 0 Å². The van der Waals surface area contributed by atoms with Crippen molar-refractivity contribution in [3.63, 3.8) is 0 Å². The van der Waals surface area contributed by atoms with Gasteiger partial charge in [-0.3, -0.25) is 0 Å². The van der Waals surface area contributed by atoms with Crippen LogP contribution in [0.1, 0.15) is 35.4 Å². The average Bonchev–Trinajstić information content (AvgIpc) is 2.44. The Morgan fingerprint density at radius 3 is 2.35 bits per heavy atom. The molecule has 0 saturated heterocycles. The molecule has 5 heteroatoms. The molecule has 2 aromatic rings. The van der Waals surface area contributed by atoms with Gasteiger partial charge in [-0.1, -0.05) is 60.5 Å². The highest BCUT2D eigenvalue weighted by Gasteiger charge is 2.17. The molecule has 1 unspecified atom stereocenters. The Hall–Kier alpha value is -1.58. The lowest BCUT2D eigenvalue weighted by molar-refractivity contribution is 0.0287. The first-order valence-corrected chi connectivity index (χ1v) is 6.94. The number of pyridine rings is 1. The summed E-state index contributed by atoms with van der Waals surface area (Å²) >= 11 is 11.6. The van der Waals surface area contributed by atoms with Crippen LogP contribution in [-0.4, -0.2) is 11.0 Å². The minimum absolute atomic E-state index is 0.164. The first-order valence-electron chi connectivity index (χ1n) is 6.19. The smallest absolute Gasteiger partial charge is 0.338 e. The van der Waals surface area contributed by atoms with E-state index in [9.17, 15) is 4.79 Å². The topological polar surface area (TPSA) is 39.2 Å². The fourth-order valence-corrected chi connectivity index (χ4v) is 2.30. The third kappa shape index (κ3) is 3.71. The molecule has 0 aliphatic rings. The maximum absolute atomic E-state index is 12.1. The lowest BCUT2D eigenvalue weighted by Gasteiger charge is -2.16. The summed E-state index contributed by atoms with van der Waals surface area (Å²) in [5.41, 5.74) is 1.25. The third-order valence-corrected chi connectivity index (χ3v) is 3.18.